The zero-order valence-electron chi connectivity index (χ0n) is 21.7. The molecule has 0 aromatic carbocycles. The molecule has 0 radical (unpaired) electrons. The van der Waals surface area contributed by atoms with E-state index in [4.69, 9.17) is 0 Å². The first-order valence-corrected chi connectivity index (χ1v) is 13.6. The molecule has 0 aliphatic heterocycles. The predicted molar refractivity (Wildman–Crippen MR) is 131 cm³/mol. The summed E-state index contributed by atoms with van der Waals surface area (Å²) >= 11 is 0. The molecule has 4 rings (SSSR count). The van der Waals surface area contributed by atoms with Crippen molar-refractivity contribution in [3.05, 3.63) is 11.1 Å². The van der Waals surface area contributed by atoms with Gasteiger partial charge in [0.05, 0.1) is 0 Å². The molecule has 0 nitrogen and oxygen atoms in total. The fourth-order valence-electron chi connectivity index (χ4n) is 7.66. The number of rotatable bonds is 7. The Morgan fingerprint density at radius 1 is 0.867 bits per heavy atom. The molecule has 0 amide bonds. The zero-order chi connectivity index (χ0) is 21.9. The van der Waals surface area contributed by atoms with E-state index in [0.29, 0.717) is 16.2 Å². The third-order valence-electron chi connectivity index (χ3n) is 9.83. The number of allylic oxidation sites excluding steroid dienone is 2. The summed E-state index contributed by atoms with van der Waals surface area (Å²) in [6.45, 7) is 20.2. The Hall–Kier alpha value is -0.260. The van der Waals surface area contributed by atoms with Crippen LogP contribution < -0.4 is 0 Å². The monoisotopic (exact) mass is 412 g/mol. The van der Waals surface area contributed by atoms with E-state index in [9.17, 15) is 0 Å². The third kappa shape index (κ3) is 4.88. The van der Waals surface area contributed by atoms with Gasteiger partial charge in [0.25, 0.3) is 0 Å². The first-order valence-electron chi connectivity index (χ1n) is 13.6. The Balaban J connectivity index is 1.56. The fourth-order valence-corrected chi connectivity index (χ4v) is 7.66. The minimum atomic E-state index is 0.337. The lowest BCUT2D eigenvalue weighted by molar-refractivity contribution is 0.0840. The van der Waals surface area contributed by atoms with Crippen molar-refractivity contribution in [2.75, 3.05) is 0 Å². The van der Waals surface area contributed by atoms with Crippen LogP contribution in [0.15, 0.2) is 11.1 Å². The van der Waals surface area contributed by atoms with Crippen molar-refractivity contribution in [1.29, 1.82) is 0 Å². The Morgan fingerprint density at radius 2 is 1.47 bits per heavy atom. The fraction of sp³-hybridized carbons (Fsp3) is 0.933. The second kappa shape index (κ2) is 7.95. The molecule has 0 aromatic heterocycles. The Morgan fingerprint density at radius 3 is 1.93 bits per heavy atom. The first kappa shape index (κ1) is 22.9. The van der Waals surface area contributed by atoms with E-state index in [1.807, 2.05) is 11.1 Å². The second-order valence-electron chi connectivity index (χ2n) is 14.6. The van der Waals surface area contributed by atoms with Crippen LogP contribution in [-0.2, 0) is 0 Å². The summed E-state index contributed by atoms with van der Waals surface area (Å²) in [4.78, 5) is 0. The van der Waals surface area contributed by atoms with E-state index in [-0.39, 0.29) is 0 Å². The van der Waals surface area contributed by atoms with Crippen molar-refractivity contribution in [2.24, 2.45) is 51.8 Å². The molecule has 0 heteroatoms. The van der Waals surface area contributed by atoms with Gasteiger partial charge in [0.1, 0.15) is 0 Å². The molecule has 0 aromatic rings. The molecular weight excluding hydrogens is 360 g/mol. The van der Waals surface area contributed by atoms with E-state index < -0.39 is 0 Å². The zero-order valence-corrected chi connectivity index (χ0v) is 21.7. The summed E-state index contributed by atoms with van der Waals surface area (Å²) in [6.07, 6.45) is 16.4. The highest BCUT2D eigenvalue weighted by Crippen LogP contribution is 2.67. The van der Waals surface area contributed by atoms with Gasteiger partial charge >= 0.3 is 0 Å². The minimum absolute atomic E-state index is 0.337. The van der Waals surface area contributed by atoms with Gasteiger partial charge in [-0.15, -0.1) is 0 Å². The molecule has 172 valence electrons. The second-order valence-corrected chi connectivity index (χ2v) is 14.6. The van der Waals surface area contributed by atoms with Gasteiger partial charge in [0.15, 0.2) is 0 Å². The van der Waals surface area contributed by atoms with Crippen LogP contribution in [0.25, 0.3) is 0 Å². The molecule has 0 heterocycles. The van der Waals surface area contributed by atoms with E-state index in [0.717, 1.165) is 35.5 Å². The quantitative estimate of drug-likeness (QED) is 0.365. The standard InChI is InChI=1S/C30H52/c1-20-16-23(20)24(17-21-12-10-9-11-13-21)25-18-26(25)27(22-14-15-22)30(8,29(5,6)7)19-28(2,3)4/h20-21,23-26H,9-19H2,1-8H3. The van der Waals surface area contributed by atoms with E-state index in [1.54, 1.807) is 6.42 Å². The van der Waals surface area contributed by atoms with Crippen molar-refractivity contribution in [3.63, 3.8) is 0 Å². The molecule has 0 bridgehead atoms. The van der Waals surface area contributed by atoms with E-state index >= 15 is 0 Å². The normalized spacial score (nSPS) is 35.0. The lowest BCUT2D eigenvalue weighted by atomic mass is 9.56. The van der Waals surface area contributed by atoms with Gasteiger partial charge < -0.3 is 0 Å². The van der Waals surface area contributed by atoms with Crippen molar-refractivity contribution >= 4 is 0 Å². The lowest BCUT2D eigenvalue weighted by Crippen LogP contribution is -2.39. The molecule has 4 fully saturated rings. The smallest absolute Gasteiger partial charge is 0.00574 e. The molecule has 0 N–H and O–H groups in total. The minimum Gasteiger partial charge on any atom is -0.0695 e. The SMILES string of the molecule is CC1CC1C(CC1CCCCC1)C1CC1C(=C1CC1)C(C)(CC(C)(C)C)C(C)(C)C. The number of hydrogen-bond acceptors (Lipinski definition) is 0. The summed E-state index contributed by atoms with van der Waals surface area (Å²) in [7, 11) is 0. The number of hydrogen-bond donors (Lipinski definition) is 0. The van der Waals surface area contributed by atoms with Crippen molar-refractivity contribution in [3.8, 4) is 0 Å². The van der Waals surface area contributed by atoms with Crippen molar-refractivity contribution in [2.45, 2.75) is 126 Å². The Bertz CT molecular complexity index is 641. The van der Waals surface area contributed by atoms with Gasteiger partial charge in [-0.3, -0.25) is 0 Å². The molecule has 6 unspecified atom stereocenters. The summed E-state index contributed by atoms with van der Waals surface area (Å²) in [5, 5.41) is 0. The molecule has 30 heavy (non-hydrogen) atoms. The Labute approximate surface area is 189 Å². The maximum absolute atomic E-state index is 2.66. The highest BCUT2D eigenvalue weighted by Gasteiger charge is 2.58. The van der Waals surface area contributed by atoms with Crippen LogP contribution in [0, 0.1) is 51.8 Å². The van der Waals surface area contributed by atoms with Gasteiger partial charge in [0, 0.05) is 0 Å². The van der Waals surface area contributed by atoms with Crippen LogP contribution in [0.1, 0.15) is 126 Å². The summed E-state index contributed by atoms with van der Waals surface area (Å²) in [5.74, 6) is 6.12. The molecule has 6 atom stereocenters. The first-order chi connectivity index (χ1) is 13.9. The molecule has 0 saturated heterocycles. The van der Waals surface area contributed by atoms with Crippen LogP contribution in [0.4, 0.5) is 0 Å². The van der Waals surface area contributed by atoms with E-state index in [1.165, 1.54) is 64.2 Å². The average Bonchev–Trinajstić information content (AvgIpc) is 3.47. The average molecular weight is 413 g/mol. The molecule has 4 aliphatic rings. The molecule has 4 aliphatic carbocycles. The lowest BCUT2D eigenvalue weighted by Gasteiger charge is -2.48. The summed E-state index contributed by atoms with van der Waals surface area (Å²) in [5.41, 5.74) is 4.92. The predicted octanol–water partition coefficient (Wildman–Crippen LogP) is 9.44. The van der Waals surface area contributed by atoms with Crippen LogP contribution >= 0.6 is 0 Å². The van der Waals surface area contributed by atoms with Crippen molar-refractivity contribution < 1.29 is 0 Å². The topological polar surface area (TPSA) is 0 Å². The largest absolute Gasteiger partial charge is 0.0695 e. The van der Waals surface area contributed by atoms with Crippen molar-refractivity contribution in [1.82, 2.24) is 0 Å². The van der Waals surface area contributed by atoms with E-state index in [2.05, 4.69) is 55.4 Å². The van der Waals surface area contributed by atoms with Crippen LogP contribution in [-0.4, -0.2) is 0 Å². The van der Waals surface area contributed by atoms with Crippen LogP contribution in [0.3, 0.4) is 0 Å². The maximum Gasteiger partial charge on any atom is -0.00574 e. The summed E-state index contributed by atoms with van der Waals surface area (Å²) in [6, 6.07) is 0. The molecular formula is C30H52. The van der Waals surface area contributed by atoms with Gasteiger partial charge in [-0.05, 0) is 90.3 Å². The van der Waals surface area contributed by atoms with Gasteiger partial charge in [-0.25, -0.2) is 0 Å². The highest BCUT2D eigenvalue weighted by atomic mass is 14.6. The summed E-state index contributed by atoms with van der Waals surface area (Å²) < 4.78 is 0. The van der Waals surface area contributed by atoms with Crippen LogP contribution in [0.2, 0.25) is 0 Å². The maximum atomic E-state index is 2.66. The van der Waals surface area contributed by atoms with Gasteiger partial charge in [0.2, 0.25) is 0 Å². The van der Waals surface area contributed by atoms with Gasteiger partial charge in [-0.1, -0.05) is 98.6 Å². The Kier molecular flexibility index (Phi) is 6.07. The van der Waals surface area contributed by atoms with Gasteiger partial charge in [-0.2, -0.15) is 0 Å². The highest BCUT2D eigenvalue weighted by molar-refractivity contribution is 5.37. The van der Waals surface area contributed by atoms with Crippen LogP contribution in [0.5, 0.6) is 0 Å². The molecule has 4 saturated carbocycles. The third-order valence-corrected chi connectivity index (χ3v) is 9.83. The molecule has 0 spiro atoms.